The Hall–Kier alpha value is -1.83. The third-order valence-corrected chi connectivity index (χ3v) is 4.03. The van der Waals surface area contributed by atoms with Crippen molar-refractivity contribution in [1.82, 2.24) is 15.2 Å². The molecule has 0 aromatic carbocycles. The number of thiazole rings is 1. The number of rotatable bonds is 5. The molecular weight excluding hydrogens is 278 g/mol. The van der Waals surface area contributed by atoms with Crippen LogP contribution < -0.4 is 16.0 Å². The SMILES string of the molecule is CNC(=O)C(C)CN(C)C(=O)c1sc(N(C)C)nc1N. The molecule has 8 heteroatoms. The van der Waals surface area contributed by atoms with Gasteiger partial charge in [-0.2, -0.15) is 0 Å². The third-order valence-electron chi connectivity index (χ3n) is 2.81. The largest absolute Gasteiger partial charge is 0.382 e. The number of nitrogens with zero attached hydrogens (tertiary/aromatic N) is 3. The molecule has 0 aliphatic carbocycles. The molecule has 2 amide bonds. The number of carbonyl (C=O) groups is 2. The van der Waals surface area contributed by atoms with E-state index in [9.17, 15) is 9.59 Å². The second-order valence-electron chi connectivity index (χ2n) is 4.81. The molecule has 0 aliphatic heterocycles. The summed E-state index contributed by atoms with van der Waals surface area (Å²) in [6.07, 6.45) is 0. The standard InChI is InChI=1S/C12H21N5O2S/c1-7(10(18)14-2)6-17(5)11(19)8-9(13)15-12(20-8)16(3)4/h7H,6,13H2,1-5H3,(H,14,18). The topological polar surface area (TPSA) is 91.6 Å². The minimum atomic E-state index is -0.281. The van der Waals surface area contributed by atoms with Gasteiger partial charge in [0, 0.05) is 34.7 Å². The van der Waals surface area contributed by atoms with E-state index >= 15 is 0 Å². The van der Waals surface area contributed by atoms with Crippen molar-refractivity contribution in [2.45, 2.75) is 6.92 Å². The summed E-state index contributed by atoms with van der Waals surface area (Å²) in [5, 5.41) is 3.24. The molecule has 0 bridgehead atoms. The number of nitrogen functional groups attached to an aromatic ring is 1. The van der Waals surface area contributed by atoms with Gasteiger partial charge in [0.2, 0.25) is 5.91 Å². The quantitative estimate of drug-likeness (QED) is 0.813. The van der Waals surface area contributed by atoms with E-state index in [2.05, 4.69) is 10.3 Å². The second-order valence-corrected chi connectivity index (χ2v) is 5.78. The molecule has 1 rings (SSSR count). The average Bonchev–Trinajstić information content (AvgIpc) is 2.78. The van der Waals surface area contributed by atoms with Crippen molar-refractivity contribution in [3.8, 4) is 0 Å². The summed E-state index contributed by atoms with van der Waals surface area (Å²) in [4.78, 5) is 31.6. The van der Waals surface area contributed by atoms with Crippen molar-refractivity contribution >= 4 is 34.1 Å². The maximum Gasteiger partial charge on any atom is 0.267 e. The molecule has 0 saturated carbocycles. The van der Waals surface area contributed by atoms with Crippen LogP contribution in [0.15, 0.2) is 0 Å². The maximum absolute atomic E-state index is 12.3. The fourth-order valence-corrected chi connectivity index (χ4v) is 2.56. The normalized spacial score (nSPS) is 11.8. The van der Waals surface area contributed by atoms with E-state index in [1.54, 1.807) is 25.9 Å². The number of anilines is 2. The fraction of sp³-hybridized carbons (Fsp3) is 0.583. The van der Waals surface area contributed by atoms with E-state index in [4.69, 9.17) is 5.73 Å². The Bertz CT molecular complexity index is 500. The highest BCUT2D eigenvalue weighted by Gasteiger charge is 2.23. The Balaban J connectivity index is 2.81. The molecule has 0 fully saturated rings. The van der Waals surface area contributed by atoms with Gasteiger partial charge in [-0.1, -0.05) is 18.3 Å². The molecule has 1 aromatic rings. The van der Waals surface area contributed by atoms with Crippen molar-refractivity contribution < 1.29 is 9.59 Å². The van der Waals surface area contributed by atoms with Crippen LogP contribution in [0.1, 0.15) is 16.6 Å². The van der Waals surface area contributed by atoms with Gasteiger partial charge in [0.05, 0.1) is 5.92 Å². The van der Waals surface area contributed by atoms with Crippen LogP contribution >= 0.6 is 11.3 Å². The minimum absolute atomic E-state index is 0.101. The number of amides is 2. The van der Waals surface area contributed by atoms with E-state index in [-0.39, 0.29) is 23.6 Å². The van der Waals surface area contributed by atoms with Crippen molar-refractivity contribution in [2.75, 3.05) is 45.4 Å². The van der Waals surface area contributed by atoms with Gasteiger partial charge in [-0.25, -0.2) is 4.98 Å². The predicted octanol–water partition coefficient (Wildman–Crippen LogP) is 0.245. The van der Waals surface area contributed by atoms with Gasteiger partial charge in [-0.3, -0.25) is 9.59 Å². The minimum Gasteiger partial charge on any atom is -0.382 e. The number of hydrogen-bond donors (Lipinski definition) is 2. The van der Waals surface area contributed by atoms with Gasteiger partial charge < -0.3 is 20.9 Å². The molecule has 0 saturated heterocycles. The zero-order chi connectivity index (χ0) is 15.4. The van der Waals surface area contributed by atoms with E-state index in [1.807, 2.05) is 14.1 Å². The van der Waals surface area contributed by atoms with Gasteiger partial charge in [0.1, 0.15) is 10.7 Å². The van der Waals surface area contributed by atoms with E-state index in [0.29, 0.717) is 16.6 Å². The molecule has 0 spiro atoms. The lowest BCUT2D eigenvalue weighted by molar-refractivity contribution is -0.124. The Morgan fingerprint density at radius 1 is 1.40 bits per heavy atom. The lowest BCUT2D eigenvalue weighted by Gasteiger charge is -2.20. The van der Waals surface area contributed by atoms with Crippen LogP contribution in [0, 0.1) is 5.92 Å². The number of nitrogens with one attached hydrogen (secondary N) is 1. The highest BCUT2D eigenvalue weighted by molar-refractivity contribution is 7.18. The molecule has 1 aromatic heterocycles. The first-order chi connectivity index (χ1) is 9.27. The number of nitrogens with two attached hydrogens (primary N) is 1. The molecule has 0 aliphatic rings. The third kappa shape index (κ3) is 3.60. The van der Waals surface area contributed by atoms with E-state index in [0.717, 1.165) is 0 Å². The lowest BCUT2D eigenvalue weighted by Crippen LogP contribution is -2.37. The van der Waals surface area contributed by atoms with Crippen molar-refractivity contribution in [1.29, 1.82) is 0 Å². The van der Waals surface area contributed by atoms with E-state index in [1.165, 1.54) is 16.2 Å². The molecule has 1 atom stereocenters. The molecular formula is C12H21N5O2S. The molecule has 112 valence electrons. The summed E-state index contributed by atoms with van der Waals surface area (Å²) in [7, 11) is 6.90. The second kappa shape index (κ2) is 6.56. The van der Waals surface area contributed by atoms with Crippen LogP contribution in [0.25, 0.3) is 0 Å². The molecule has 1 unspecified atom stereocenters. The summed E-state index contributed by atoms with van der Waals surface area (Å²) < 4.78 is 0. The van der Waals surface area contributed by atoms with Crippen LogP contribution in [0.3, 0.4) is 0 Å². The summed E-state index contributed by atoms with van der Waals surface area (Å²) >= 11 is 1.24. The summed E-state index contributed by atoms with van der Waals surface area (Å²) in [5.74, 6) is -0.376. The van der Waals surface area contributed by atoms with Crippen molar-refractivity contribution in [3.05, 3.63) is 4.88 Å². The zero-order valence-electron chi connectivity index (χ0n) is 12.4. The van der Waals surface area contributed by atoms with Gasteiger partial charge in [-0.15, -0.1) is 0 Å². The average molecular weight is 299 g/mol. The number of carbonyl (C=O) groups excluding carboxylic acids is 2. The van der Waals surface area contributed by atoms with Gasteiger partial charge in [0.25, 0.3) is 5.91 Å². The molecule has 1 heterocycles. The van der Waals surface area contributed by atoms with Gasteiger partial charge in [0.15, 0.2) is 5.13 Å². The molecule has 3 N–H and O–H groups in total. The first kappa shape index (κ1) is 16.2. The zero-order valence-corrected chi connectivity index (χ0v) is 13.2. The number of hydrogen-bond acceptors (Lipinski definition) is 6. The summed E-state index contributed by atoms with van der Waals surface area (Å²) in [6.45, 7) is 2.09. The smallest absolute Gasteiger partial charge is 0.267 e. The van der Waals surface area contributed by atoms with Crippen LogP contribution in [0.4, 0.5) is 10.9 Å². The Labute approximate surface area is 122 Å². The lowest BCUT2D eigenvalue weighted by atomic mass is 10.1. The highest BCUT2D eigenvalue weighted by Crippen LogP contribution is 2.27. The van der Waals surface area contributed by atoms with Crippen molar-refractivity contribution in [2.24, 2.45) is 5.92 Å². The Morgan fingerprint density at radius 2 is 2.00 bits per heavy atom. The number of aromatic nitrogens is 1. The van der Waals surface area contributed by atoms with Crippen LogP contribution in [0.2, 0.25) is 0 Å². The molecule has 0 radical (unpaired) electrons. The van der Waals surface area contributed by atoms with Gasteiger partial charge >= 0.3 is 0 Å². The predicted molar refractivity (Wildman–Crippen MR) is 81.0 cm³/mol. The summed E-state index contributed by atoms with van der Waals surface area (Å²) in [5.41, 5.74) is 5.78. The fourth-order valence-electron chi connectivity index (χ4n) is 1.66. The molecule has 7 nitrogen and oxygen atoms in total. The maximum atomic E-state index is 12.3. The summed E-state index contributed by atoms with van der Waals surface area (Å²) in [6, 6.07) is 0. The van der Waals surface area contributed by atoms with E-state index < -0.39 is 0 Å². The monoisotopic (exact) mass is 299 g/mol. The first-order valence-corrected chi connectivity index (χ1v) is 7.00. The van der Waals surface area contributed by atoms with Crippen LogP contribution in [0.5, 0.6) is 0 Å². The highest BCUT2D eigenvalue weighted by atomic mass is 32.1. The molecule has 20 heavy (non-hydrogen) atoms. The van der Waals surface area contributed by atoms with Gasteiger partial charge in [-0.05, 0) is 0 Å². The van der Waals surface area contributed by atoms with Crippen molar-refractivity contribution in [3.63, 3.8) is 0 Å². The van der Waals surface area contributed by atoms with Crippen LogP contribution in [-0.4, -0.2) is 56.4 Å². The Morgan fingerprint density at radius 3 is 2.45 bits per heavy atom. The van der Waals surface area contributed by atoms with Crippen LogP contribution in [-0.2, 0) is 4.79 Å². The Kier molecular flexibility index (Phi) is 5.32. The first-order valence-electron chi connectivity index (χ1n) is 6.18.